The summed E-state index contributed by atoms with van der Waals surface area (Å²) in [5.41, 5.74) is 1.86. The Hall–Kier alpha value is -2.79. The summed E-state index contributed by atoms with van der Waals surface area (Å²) in [6.07, 6.45) is 2.43. The zero-order chi connectivity index (χ0) is 28.6. The third kappa shape index (κ3) is 7.48. The number of hydrogen-bond donors (Lipinski definition) is 1. The zero-order valence-electron chi connectivity index (χ0n) is 23.6. The first-order valence-corrected chi connectivity index (χ1v) is 14.1. The van der Waals surface area contributed by atoms with Crippen molar-refractivity contribution in [3.8, 4) is 11.6 Å². The summed E-state index contributed by atoms with van der Waals surface area (Å²) in [6, 6.07) is 9.60. The molecule has 2 aromatic rings. The average Bonchev–Trinajstić information content (AvgIpc) is 3.24. The monoisotopic (exact) mass is 577 g/mol. The largest absolute Gasteiger partial charge is 0.490 e. The van der Waals surface area contributed by atoms with Crippen molar-refractivity contribution < 1.29 is 33.6 Å². The van der Waals surface area contributed by atoms with Gasteiger partial charge in [-0.3, -0.25) is 4.79 Å². The van der Waals surface area contributed by atoms with E-state index in [-0.39, 0.29) is 43.3 Å². The molecule has 1 aromatic heterocycles. The number of aromatic nitrogens is 1. The quantitative estimate of drug-likeness (QED) is 0.273. The van der Waals surface area contributed by atoms with Crippen molar-refractivity contribution in [3.63, 3.8) is 0 Å². The van der Waals surface area contributed by atoms with Crippen molar-refractivity contribution in [1.29, 1.82) is 0 Å². The normalized spacial score (nSPS) is 24.8. The van der Waals surface area contributed by atoms with E-state index in [2.05, 4.69) is 21.7 Å². The van der Waals surface area contributed by atoms with Crippen LogP contribution in [-0.2, 0) is 19.0 Å². The van der Waals surface area contributed by atoms with Crippen molar-refractivity contribution in [2.24, 2.45) is 11.8 Å². The fourth-order valence-corrected chi connectivity index (χ4v) is 5.74. The molecule has 3 heterocycles. The van der Waals surface area contributed by atoms with E-state index in [9.17, 15) is 9.90 Å². The molecule has 2 aliphatic rings. The fraction of sp³-hybridized carbons (Fsp3) is 0.586. The second kappa shape index (κ2) is 14.2. The van der Waals surface area contributed by atoms with Crippen molar-refractivity contribution in [2.45, 2.75) is 44.9 Å². The number of carboxylic acids is 1. The molecular formula is C29H40ClN3O7. The first-order chi connectivity index (χ1) is 19.3. The van der Waals surface area contributed by atoms with Crippen molar-refractivity contribution in [1.82, 2.24) is 4.98 Å². The lowest BCUT2D eigenvalue weighted by Gasteiger charge is -2.38. The van der Waals surface area contributed by atoms with Crippen LogP contribution in [-0.4, -0.2) is 88.2 Å². The first-order valence-electron chi connectivity index (χ1n) is 13.7. The van der Waals surface area contributed by atoms with Crippen molar-refractivity contribution in [2.75, 3.05) is 63.7 Å². The predicted octanol–water partition coefficient (Wildman–Crippen LogP) is 4.34. The van der Waals surface area contributed by atoms with Gasteiger partial charge in [-0.15, -0.1) is 0 Å². The second-order valence-electron chi connectivity index (χ2n) is 10.4. The SMILES string of the molecule is COCCOCO[C@H]1CN(c2ccc(O[C@@H]3CCN(c4cc(OC)ncc4Cl)C[C@H]3C)cc2)[C@@H](CC(=O)O)[C@@H]1C. The molecule has 2 aliphatic heterocycles. The lowest BCUT2D eigenvalue weighted by molar-refractivity contribution is -0.137. The van der Waals surface area contributed by atoms with Gasteiger partial charge in [-0.2, -0.15) is 0 Å². The molecule has 2 saturated heterocycles. The molecule has 10 nitrogen and oxygen atoms in total. The van der Waals surface area contributed by atoms with Gasteiger partial charge < -0.3 is 38.6 Å². The van der Waals surface area contributed by atoms with Gasteiger partial charge in [0.05, 0.1) is 49.8 Å². The van der Waals surface area contributed by atoms with E-state index in [0.29, 0.717) is 30.7 Å². The highest BCUT2D eigenvalue weighted by atomic mass is 35.5. The van der Waals surface area contributed by atoms with Crippen LogP contribution < -0.4 is 19.3 Å². The predicted molar refractivity (Wildman–Crippen MR) is 153 cm³/mol. The number of benzene rings is 1. The van der Waals surface area contributed by atoms with Crippen LogP contribution in [0.2, 0.25) is 5.02 Å². The Morgan fingerprint density at radius 1 is 1.12 bits per heavy atom. The number of hydrogen-bond acceptors (Lipinski definition) is 9. The highest BCUT2D eigenvalue weighted by Crippen LogP contribution is 2.36. The summed E-state index contributed by atoms with van der Waals surface area (Å²) in [5.74, 6) is 0.798. The summed E-state index contributed by atoms with van der Waals surface area (Å²) < 4.78 is 28.1. The van der Waals surface area contributed by atoms with Crippen molar-refractivity contribution in [3.05, 3.63) is 41.6 Å². The van der Waals surface area contributed by atoms with E-state index >= 15 is 0 Å². The maximum absolute atomic E-state index is 11.6. The molecule has 0 aliphatic carbocycles. The highest BCUT2D eigenvalue weighted by Gasteiger charge is 2.41. The molecular weight excluding hydrogens is 538 g/mol. The number of carboxylic acid groups (broad SMARTS) is 1. The standard InChI is InChI=1S/C29H40ClN3O7/c1-19-16-32(25-13-28(37-4)31-15-23(25)30)10-9-26(19)40-22-7-5-21(6-8-22)33-17-27(39-18-38-12-11-36-3)20(2)24(33)14-29(34)35/h5-8,13,15,19-20,24,26-27H,9-12,14,16-18H2,1-4H3,(H,34,35)/t19-,20+,24+,26-,27+/m1/s1. The molecule has 1 N–H and O–H groups in total. The van der Waals surface area contributed by atoms with Gasteiger partial charge in [-0.1, -0.05) is 25.4 Å². The number of halogens is 1. The molecule has 220 valence electrons. The van der Waals surface area contributed by atoms with Crippen LogP contribution in [0.15, 0.2) is 36.5 Å². The summed E-state index contributed by atoms with van der Waals surface area (Å²) >= 11 is 6.42. The molecule has 1 aromatic carbocycles. The van der Waals surface area contributed by atoms with Gasteiger partial charge in [0.15, 0.2) is 0 Å². The lowest BCUT2D eigenvalue weighted by atomic mass is 9.96. The number of anilines is 2. The minimum atomic E-state index is -0.828. The third-order valence-electron chi connectivity index (χ3n) is 7.79. The van der Waals surface area contributed by atoms with Crippen LogP contribution in [0.1, 0.15) is 26.7 Å². The van der Waals surface area contributed by atoms with Crippen LogP contribution >= 0.6 is 11.6 Å². The molecule has 2 fully saturated rings. The molecule has 0 amide bonds. The van der Waals surface area contributed by atoms with E-state index in [1.807, 2.05) is 37.3 Å². The van der Waals surface area contributed by atoms with Gasteiger partial charge in [0.2, 0.25) is 5.88 Å². The van der Waals surface area contributed by atoms with Gasteiger partial charge in [-0.05, 0) is 24.3 Å². The summed E-state index contributed by atoms with van der Waals surface area (Å²) in [4.78, 5) is 20.2. The minimum absolute atomic E-state index is 0.0259. The Morgan fingerprint density at radius 3 is 2.58 bits per heavy atom. The molecule has 0 bridgehead atoms. The first kappa shape index (κ1) is 30.2. The van der Waals surface area contributed by atoms with Gasteiger partial charge in [0.25, 0.3) is 0 Å². The molecule has 5 atom stereocenters. The van der Waals surface area contributed by atoms with Gasteiger partial charge >= 0.3 is 5.97 Å². The van der Waals surface area contributed by atoms with Crippen LogP contribution in [0.25, 0.3) is 0 Å². The van der Waals surface area contributed by atoms with Gasteiger partial charge in [0, 0.05) is 62.8 Å². The van der Waals surface area contributed by atoms with E-state index in [1.165, 1.54) is 0 Å². The molecule has 0 radical (unpaired) electrons. The summed E-state index contributed by atoms with van der Waals surface area (Å²) in [6.45, 7) is 7.51. The summed E-state index contributed by atoms with van der Waals surface area (Å²) in [7, 11) is 3.22. The maximum Gasteiger partial charge on any atom is 0.305 e. The Balaban J connectivity index is 1.36. The Morgan fingerprint density at radius 2 is 1.90 bits per heavy atom. The number of aliphatic carboxylic acids is 1. The fourth-order valence-electron chi connectivity index (χ4n) is 5.51. The van der Waals surface area contributed by atoms with Crippen LogP contribution in [0.4, 0.5) is 11.4 Å². The Bertz CT molecular complexity index is 1110. The number of methoxy groups -OCH3 is 2. The smallest absolute Gasteiger partial charge is 0.305 e. The number of ether oxygens (including phenoxy) is 5. The minimum Gasteiger partial charge on any atom is -0.490 e. The third-order valence-corrected chi connectivity index (χ3v) is 8.08. The van der Waals surface area contributed by atoms with E-state index in [4.69, 9.17) is 35.3 Å². The van der Waals surface area contributed by atoms with E-state index in [0.717, 1.165) is 36.6 Å². The van der Waals surface area contributed by atoms with Crippen LogP contribution in [0.3, 0.4) is 0 Å². The average molecular weight is 578 g/mol. The van der Waals surface area contributed by atoms with Crippen LogP contribution in [0, 0.1) is 11.8 Å². The van der Waals surface area contributed by atoms with E-state index in [1.54, 1.807) is 20.4 Å². The molecule has 0 saturated carbocycles. The number of pyridine rings is 1. The number of rotatable bonds is 13. The van der Waals surface area contributed by atoms with Gasteiger partial charge in [-0.25, -0.2) is 4.98 Å². The Labute approximate surface area is 241 Å². The topological polar surface area (TPSA) is 103 Å². The summed E-state index contributed by atoms with van der Waals surface area (Å²) in [5, 5.41) is 10.2. The Kier molecular flexibility index (Phi) is 10.7. The van der Waals surface area contributed by atoms with Gasteiger partial charge in [0.1, 0.15) is 18.6 Å². The molecule has 0 unspecified atom stereocenters. The molecule has 0 spiro atoms. The lowest BCUT2D eigenvalue weighted by Crippen LogP contribution is -2.44. The number of carbonyl (C=O) groups is 1. The van der Waals surface area contributed by atoms with Crippen LogP contribution in [0.5, 0.6) is 11.6 Å². The number of piperidine rings is 1. The highest BCUT2D eigenvalue weighted by molar-refractivity contribution is 6.33. The number of nitrogens with zero attached hydrogens (tertiary/aromatic N) is 3. The molecule has 11 heteroatoms. The maximum atomic E-state index is 11.6. The zero-order valence-corrected chi connectivity index (χ0v) is 24.4. The molecule has 40 heavy (non-hydrogen) atoms. The van der Waals surface area contributed by atoms with Crippen molar-refractivity contribution >= 4 is 28.9 Å². The second-order valence-corrected chi connectivity index (χ2v) is 10.8. The molecule has 4 rings (SSSR count). The van der Waals surface area contributed by atoms with E-state index < -0.39 is 5.97 Å².